The second kappa shape index (κ2) is 9.46. The molecule has 2 heterocycles. The minimum absolute atomic E-state index is 0.0264. The zero-order valence-corrected chi connectivity index (χ0v) is 17.4. The molecule has 1 saturated heterocycles. The van der Waals surface area contributed by atoms with Gasteiger partial charge in [-0.1, -0.05) is 23.4 Å². The lowest BCUT2D eigenvalue weighted by Gasteiger charge is -2.16. The fourth-order valence-corrected chi connectivity index (χ4v) is 3.45. The van der Waals surface area contributed by atoms with Crippen molar-refractivity contribution >= 4 is 17.6 Å². The van der Waals surface area contributed by atoms with Crippen LogP contribution in [-0.2, 0) is 17.9 Å². The number of carbonyl (C=O) groups excluding carboxylic acids is 2. The highest BCUT2D eigenvalue weighted by molar-refractivity contribution is 5.89. The molecule has 2 N–H and O–H groups in total. The Hall–Kier alpha value is -3.95. The van der Waals surface area contributed by atoms with Crippen molar-refractivity contribution in [1.82, 2.24) is 20.4 Å². The van der Waals surface area contributed by atoms with E-state index in [1.54, 1.807) is 48.4 Å². The maximum atomic E-state index is 13.1. The van der Waals surface area contributed by atoms with E-state index in [2.05, 4.69) is 20.8 Å². The van der Waals surface area contributed by atoms with Crippen molar-refractivity contribution in [2.45, 2.75) is 25.4 Å². The quantitative estimate of drug-likeness (QED) is 0.586. The number of hydrogen-bond acceptors (Lipinski definition) is 6. The number of anilines is 1. The second-order valence-corrected chi connectivity index (χ2v) is 7.39. The number of ether oxygens (including phenoxy) is 1. The average Bonchev–Trinajstić information content (AvgIpc) is 3.41. The van der Waals surface area contributed by atoms with E-state index < -0.39 is 6.03 Å². The summed E-state index contributed by atoms with van der Waals surface area (Å²) in [5.41, 5.74) is 1.43. The summed E-state index contributed by atoms with van der Waals surface area (Å²) in [4.78, 5) is 30.5. The molecule has 10 heteroatoms. The molecule has 0 spiro atoms. The van der Waals surface area contributed by atoms with Crippen LogP contribution in [0.25, 0.3) is 0 Å². The molecule has 32 heavy (non-hydrogen) atoms. The van der Waals surface area contributed by atoms with Crippen LogP contribution >= 0.6 is 0 Å². The smallest absolute Gasteiger partial charge is 0.319 e. The molecule has 4 rings (SSSR count). The number of nitrogens with zero attached hydrogens (tertiary/aromatic N) is 3. The minimum atomic E-state index is -0.431. The van der Waals surface area contributed by atoms with Crippen molar-refractivity contribution in [3.63, 3.8) is 0 Å². The maximum absolute atomic E-state index is 13.1. The number of likely N-dealkylation sites (tertiary alicyclic amines) is 1. The zero-order valence-electron chi connectivity index (χ0n) is 17.4. The lowest BCUT2D eigenvalue weighted by Crippen LogP contribution is -2.28. The van der Waals surface area contributed by atoms with E-state index >= 15 is 0 Å². The first kappa shape index (κ1) is 21.3. The molecule has 166 valence electrons. The second-order valence-electron chi connectivity index (χ2n) is 7.39. The highest BCUT2D eigenvalue weighted by Crippen LogP contribution is 2.27. The van der Waals surface area contributed by atoms with Crippen LogP contribution in [0, 0.1) is 5.82 Å². The third-order valence-corrected chi connectivity index (χ3v) is 5.08. The van der Waals surface area contributed by atoms with Crippen LogP contribution in [-0.4, -0.2) is 40.6 Å². The molecule has 3 amide bonds. The zero-order chi connectivity index (χ0) is 22.5. The molecule has 1 fully saturated rings. The third kappa shape index (κ3) is 5.20. The Balaban J connectivity index is 1.29. The highest BCUT2D eigenvalue weighted by atomic mass is 19.1. The van der Waals surface area contributed by atoms with Crippen LogP contribution < -0.4 is 15.4 Å². The van der Waals surface area contributed by atoms with E-state index in [-0.39, 0.29) is 36.5 Å². The van der Waals surface area contributed by atoms with Gasteiger partial charge in [0.1, 0.15) is 11.6 Å². The van der Waals surface area contributed by atoms with Gasteiger partial charge in [-0.2, -0.15) is 4.98 Å². The first-order valence-electron chi connectivity index (χ1n) is 10.0. The van der Waals surface area contributed by atoms with Crippen molar-refractivity contribution in [3.8, 4) is 5.75 Å². The van der Waals surface area contributed by atoms with Crippen LogP contribution in [0.4, 0.5) is 14.9 Å². The summed E-state index contributed by atoms with van der Waals surface area (Å²) in [6.07, 6.45) is 0.268. The first-order chi connectivity index (χ1) is 15.5. The van der Waals surface area contributed by atoms with Crippen molar-refractivity contribution in [3.05, 3.63) is 71.6 Å². The molecule has 2 aromatic carbocycles. The van der Waals surface area contributed by atoms with Gasteiger partial charge in [0.2, 0.25) is 11.8 Å². The summed E-state index contributed by atoms with van der Waals surface area (Å²) in [5.74, 6) is 0.746. The van der Waals surface area contributed by atoms with Gasteiger partial charge < -0.3 is 24.8 Å². The molecule has 1 aromatic heterocycles. The van der Waals surface area contributed by atoms with E-state index in [0.717, 1.165) is 5.56 Å². The van der Waals surface area contributed by atoms with Crippen molar-refractivity contribution in [2.75, 3.05) is 19.0 Å². The molecular weight excluding hydrogens is 417 g/mol. The van der Waals surface area contributed by atoms with Crippen molar-refractivity contribution < 1.29 is 23.2 Å². The Morgan fingerprint density at radius 1 is 1.28 bits per heavy atom. The van der Waals surface area contributed by atoms with Gasteiger partial charge in [0.15, 0.2) is 5.82 Å². The van der Waals surface area contributed by atoms with Crippen molar-refractivity contribution in [2.24, 2.45) is 0 Å². The summed E-state index contributed by atoms with van der Waals surface area (Å²) < 4.78 is 23.4. The van der Waals surface area contributed by atoms with Gasteiger partial charge >= 0.3 is 6.03 Å². The molecule has 0 bridgehead atoms. The largest absolute Gasteiger partial charge is 0.497 e. The molecule has 1 aliphatic heterocycles. The average molecular weight is 439 g/mol. The Kier molecular flexibility index (Phi) is 6.29. The molecule has 0 saturated carbocycles. The van der Waals surface area contributed by atoms with Gasteiger partial charge in [-0.15, -0.1) is 0 Å². The van der Waals surface area contributed by atoms with E-state index in [4.69, 9.17) is 9.26 Å². The van der Waals surface area contributed by atoms with Crippen LogP contribution in [0.3, 0.4) is 0 Å². The number of urea groups is 1. The molecular formula is C22H22FN5O4. The summed E-state index contributed by atoms with van der Waals surface area (Å²) in [7, 11) is 1.55. The Morgan fingerprint density at radius 3 is 2.88 bits per heavy atom. The topological polar surface area (TPSA) is 110 Å². The number of carbonyl (C=O) groups is 2. The van der Waals surface area contributed by atoms with Crippen LogP contribution in [0.1, 0.15) is 29.6 Å². The number of amides is 3. The number of nitrogens with one attached hydrogen (secondary N) is 2. The Labute approximate surface area is 183 Å². The number of aromatic nitrogens is 2. The monoisotopic (exact) mass is 439 g/mol. The molecule has 0 radical (unpaired) electrons. The standard InChI is InChI=1S/C22H22FN5O4/c1-31-18-4-2-3-17(10-18)25-22(30)24-11-19-26-21(27-32-19)15-9-20(29)28(13-15)12-14-5-7-16(23)8-6-14/h2-8,10,15H,9,11-13H2,1H3,(H2,24,25,30)/t15-/m1/s1. The lowest BCUT2D eigenvalue weighted by molar-refractivity contribution is -0.128. The molecule has 0 aliphatic carbocycles. The van der Waals surface area contributed by atoms with Gasteiger partial charge in [-0.3, -0.25) is 4.79 Å². The number of hydrogen-bond donors (Lipinski definition) is 2. The van der Waals surface area contributed by atoms with Crippen molar-refractivity contribution in [1.29, 1.82) is 0 Å². The number of benzene rings is 2. The highest BCUT2D eigenvalue weighted by Gasteiger charge is 2.33. The van der Waals surface area contributed by atoms with Gasteiger partial charge in [0.25, 0.3) is 0 Å². The molecule has 9 nitrogen and oxygen atoms in total. The van der Waals surface area contributed by atoms with Crippen LogP contribution in [0.2, 0.25) is 0 Å². The minimum Gasteiger partial charge on any atom is -0.497 e. The van der Waals surface area contributed by atoms with E-state index in [9.17, 15) is 14.0 Å². The molecule has 0 unspecified atom stereocenters. The normalized spacial score (nSPS) is 15.6. The number of halogens is 1. The maximum Gasteiger partial charge on any atom is 0.319 e. The van der Waals surface area contributed by atoms with E-state index in [0.29, 0.717) is 30.4 Å². The molecule has 1 atom stereocenters. The summed E-state index contributed by atoms with van der Waals surface area (Å²) in [5, 5.41) is 9.31. The predicted molar refractivity (Wildman–Crippen MR) is 112 cm³/mol. The first-order valence-corrected chi connectivity index (χ1v) is 10.0. The number of methoxy groups -OCH3 is 1. The van der Waals surface area contributed by atoms with E-state index in [1.807, 2.05) is 0 Å². The third-order valence-electron chi connectivity index (χ3n) is 5.08. The van der Waals surface area contributed by atoms with Crippen LogP contribution in [0.5, 0.6) is 5.75 Å². The fraction of sp³-hybridized carbons (Fsp3) is 0.273. The van der Waals surface area contributed by atoms with Gasteiger partial charge in [0, 0.05) is 37.2 Å². The van der Waals surface area contributed by atoms with Gasteiger partial charge in [-0.25, -0.2) is 9.18 Å². The van der Waals surface area contributed by atoms with Gasteiger partial charge in [0.05, 0.1) is 13.7 Å². The molecule has 3 aromatic rings. The van der Waals surface area contributed by atoms with Crippen LogP contribution in [0.15, 0.2) is 53.1 Å². The predicted octanol–water partition coefficient (Wildman–Crippen LogP) is 3.06. The Morgan fingerprint density at radius 2 is 2.09 bits per heavy atom. The summed E-state index contributed by atoms with van der Waals surface area (Å²) in [6, 6.07) is 12.6. The Bertz CT molecular complexity index is 1100. The summed E-state index contributed by atoms with van der Waals surface area (Å²) >= 11 is 0. The molecule has 1 aliphatic rings. The SMILES string of the molecule is COc1cccc(NC(=O)NCc2nc([C@@H]3CC(=O)N(Cc4ccc(F)cc4)C3)no2)c1. The lowest BCUT2D eigenvalue weighted by atomic mass is 10.1. The summed E-state index contributed by atoms with van der Waals surface area (Å²) in [6.45, 7) is 0.883. The van der Waals surface area contributed by atoms with E-state index in [1.165, 1.54) is 12.1 Å². The van der Waals surface area contributed by atoms with Gasteiger partial charge in [-0.05, 0) is 29.8 Å². The fourth-order valence-electron chi connectivity index (χ4n) is 3.45. The number of rotatable bonds is 7.